The standard InChI is InChI=1S/C33H35F3N4O3/c1-21-28(18-24-6-4-5-7-27(24)38-21)39-32(41)37-15-17-40-16-14-23-19-30(42-2)31(43-3)20-26(23)29(40)13-10-22-8-11-25(12-9-22)33(34,35)36/h4-9,11-12,18-20,29H,10,13-17H2,1-3H3,(H2,37,39,41). The van der Waals surface area contributed by atoms with Crippen LogP contribution in [0.5, 0.6) is 11.5 Å². The second-order valence-corrected chi connectivity index (χ2v) is 10.6. The molecular weight excluding hydrogens is 557 g/mol. The molecule has 2 N–H and O–H groups in total. The zero-order chi connectivity index (χ0) is 30.6. The van der Waals surface area contributed by atoms with Gasteiger partial charge >= 0.3 is 12.2 Å². The first-order chi connectivity index (χ1) is 20.7. The summed E-state index contributed by atoms with van der Waals surface area (Å²) in [5, 5.41) is 6.82. The van der Waals surface area contributed by atoms with Gasteiger partial charge in [0, 0.05) is 31.1 Å². The maximum Gasteiger partial charge on any atom is 0.416 e. The van der Waals surface area contributed by atoms with Crippen LogP contribution in [0.3, 0.4) is 0 Å². The molecule has 7 nitrogen and oxygen atoms in total. The number of nitrogens with zero attached hydrogens (tertiary/aromatic N) is 2. The third kappa shape index (κ3) is 7.02. The van der Waals surface area contributed by atoms with Crippen molar-refractivity contribution < 1.29 is 27.4 Å². The monoisotopic (exact) mass is 592 g/mol. The van der Waals surface area contributed by atoms with Gasteiger partial charge in [-0.25, -0.2) is 4.79 Å². The first kappa shape index (κ1) is 30.2. The molecule has 0 bridgehead atoms. The molecule has 5 rings (SSSR count). The topological polar surface area (TPSA) is 75.7 Å². The Morgan fingerprint density at radius 3 is 2.47 bits per heavy atom. The van der Waals surface area contributed by atoms with E-state index in [9.17, 15) is 18.0 Å². The first-order valence-electron chi connectivity index (χ1n) is 14.2. The fraction of sp³-hybridized carbons (Fsp3) is 0.333. The van der Waals surface area contributed by atoms with Gasteiger partial charge in [-0.1, -0.05) is 30.3 Å². The number of benzene rings is 3. The van der Waals surface area contributed by atoms with Crippen LogP contribution in [-0.2, 0) is 19.0 Å². The number of pyridine rings is 1. The van der Waals surface area contributed by atoms with Gasteiger partial charge < -0.3 is 20.1 Å². The number of urea groups is 1. The van der Waals surface area contributed by atoms with Crippen molar-refractivity contribution >= 4 is 22.6 Å². The van der Waals surface area contributed by atoms with Crippen LogP contribution in [0.25, 0.3) is 10.9 Å². The van der Waals surface area contributed by atoms with E-state index in [2.05, 4.69) is 20.5 Å². The van der Waals surface area contributed by atoms with Crippen LogP contribution >= 0.6 is 0 Å². The number of carbonyl (C=O) groups is 1. The number of ether oxygens (including phenoxy) is 2. The minimum atomic E-state index is -4.37. The molecule has 0 saturated carbocycles. The molecule has 2 amide bonds. The zero-order valence-electron chi connectivity index (χ0n) is 24.4. The van der Waals surface area contributed by atoms with Crippen LogP contribution < -0.4 is 20.1 Å². The van der Waals surface area contributed by atoms with Gasteiger partial charge in [0.2, 0.25) is 0 Å². The zero-order valence-corrected chi connectivity index (χ0v) is 24.4. The quantitative estimate of drug-likeness (QED) is 0.220. The number of nitrogens with one attached hydrogen (secondary N) is 2. The highest BCUT2D eigenvalue weighted by atomic mass is 19.4. The lowest BCUT2D eigenvalue weighted by Crippen LogP contribution is -2.42. The number of rotatable bonds is 9. The largest absolute Gasteiger partial charge is 0.493 e. The average Bonchev–Trinajstić information content (AvgIpc) is 2.99. The Morgan fingerprint density at radius 2 is 1.74 bits per heavy atom. The second kappa shape index (κ2) is 12.9. The molecule has 43 heavy (non-hydrogen) atoms. The molecular formula is C33H35F3N4O3. The first-order valence-corrected chi connectivity index (χ1v) is 14.2. The number of methoxy groups -OCH3 is 2. The number of aromatic nitrogens is 1. The van der Waals surface area contributed by atoms with Gasteiger partial charge in [0.25, 0.3) is 0 Å². The fourth-order valence-electron chi connectivity index (χ4n) is 5.67. The summed E-state index contributed by atoms with van der Waals surface area (Å²) in [7, 11) is 3.20. The third-order valence-corrected chi connectivity index (χ3v) is 7.95. The van der Waals surface area contributed by atoms with Crippen molar-refractivity contribution in [1.29, 1.82) is 0 Å². The van der Waals surface area contributed by atoms with Crippen LogP contribution in [0.2, 0.25) is 0 Å². The minimum absolute atomic E-state index is 0.0253. The van der Waals surface area contributed by atoms with Crippen LogP contribution in [-0.4, -0.2) is 49.8 Å². The number of hydrogen-bond acceptors (Lipinski definition) is 5. The summed E-state index contributed by atoms with van der Waals surface area (Å²) in [6.07, 6.45) is -2.30. The number of halogens is 3. The number of hydrogen-bond donors (Lipinski definition) is 2. The Morgan fingerprint density at radius 1 is 1.02 bits per heavy atom. The molecule has 1 atom stereocenters. The molecule has 1 unspecified atom stereocenters. The van der Waals surface area contributed by atoms with Crippen LogP contribution in [0.1, 0.15) is 40.4 Å². The normalized spacial score (nSPS) is 15.2. The number of para-hydroxylation sites is 1. The van der Waals surface area contributed by atoms with Crippen molar-refractivity contribution in [1.82, 2.24) is 15.2 Å². The maximum atomic E-state index is 13.1. The molecule has 0 fully saturated rings. The minimum Gasteiger partial charge on any atom is -0.493 e. The van der Waals surface area contributed by atoms with E-state index in [0.717, 1.165) is 58.4 Å². The molecule has 1 aliphatic heterocycles. The van der Waals surface area contributed by atoms with Crippen LogP contribution in [0.15, 0.2) is 66.7 Å². The Bertz CT molecular complexity index is 1590. The van der Waals surface area contributed by atoms with Crippen molar-refractivity contribution in [3.8, 4) is 11.5 Å². The van der Waals surface area contributed by atoms with Gasteiger partial charge in [0.15, 0.2) is 11.5 Å². The molecule has 3 aromatic carbocycles. The number of anilines is 1. The van der Waals surface area contributed by atoms with Gasteiger partial charge in [0.1, 0.15) is 0 Å². The molecule has 1 aliphatic rings. The Labute approximate surface area is 249 Å². The van der Waals surface area contributed by atoms with Crippen molar-refractivity contribution in [3.63, 3.8) is 0 Å². The molecule has 10 heteroatoms. The van der Waals surface area contributed by atoms with Gasteiger partial charge in [0.05, 0.1) is 36.7 Å². The molecule has 0 spiro atoms. The van der Waals surface area contributed by atoms with Gasteiger partial charge in [-0.15, -0.1) is 0 Å². The van der Waals surface area contributed by atoms with E-state index >= 15 is 0 Å². The predicted octanol–water partition coefficient (Wildman–Crippen LogP) is 6.93. The van der Waals surface area contributed by atoms with E-state index in [1.54, 1.807) is 26.4 Å². The summed E-state index contributed by atoms with van der Waals surface area (Å²) in [5.74, 6) is 1.28. The van der Waals surface area contributed by atoms with E-state index in [-0.39, 0.29) is 12.1 Å². The highest BCUT2D eigenvalue weighted by molar-refractivity contribution is 5.93. The summed E-state index contributed by atoms with van der Waals surface area (Å²) in [4.78, 5) is 19.7. The van der Waals surface area contributed by atoms with Crippen molar-refractivity contribution in [2.24, 2.45) is 0 Å². The van der Waals surface area contributed by atoms with Gasteiger partial charge in [-0.05, 0) is 79.3 Å². The number of aryl methyl sites for hydroxylation is 2. The Hall–Kier alpha value is -4.31. The van der Waals surface area contributed by atoms with Crippen molar-refractivity contribution in [2.75, 3.05) is 39.2 Å². The van der Waals surface area contributed by atoms with E-state index < -0.39 is 11.7 Å². The molecule has 226 valence electrons. The molecule has 4 aromatic rings. The fourth-order valence-corrected chi connectivity index (χ4v) is 5.67. The van der Waals surface area contributed by atoms with Gasteiger partial charge in [-0.2, -0.15) is 13.2 Å². The SMILES string of the molecule is COc1cc2c(cc1OC)C(CCc1ccc(C(F)(F)F)cc1)N(CCNC(=O)Nc1cc3ccccc3nc1C)CC2. The van der Waals surface area contributed by atoms with Gasteiger partial charge in [-0.3, -0.25) is 9.88 Å². The van der Waals surface area contributed by atoms with E-state index in [0.29, 0.717) is 43.1 Å². The van der Waals surface area contributed by atoms with Crippen molar-refractivity contribution in [2.45, 2.75) is 38.4 Å². The number of carbonyl (C=O) groups excluding carboxylic acids is 1. The molecule has 1 aromatic heterocycles. The van der Waals surface area contributed by atoms with Crippen LogP contribution in [0, 0.1) is 6.92 Å². The summed E-state index contributed by atoms with van der Waals surface area (Å²) in [6.45, 7) is 3.62. The average molecular weight is 593 g/mol. The molecule has 0 radical (unpaired) electrons. The lowest BCUT2D eigenvalue weighted by atomic mass is 9.88. The summed E-state index contributed by atoms with van der Waals surface area (Å²) in [5.41, 5.74) is 4.67. The summed E-state index contributed by atoms with van der Waals surface area (Å²) in [6, 6.07) is 18.7. The Kier molecular flexibility index (Phi) is 9.05. The summed E-state index contributed by atoms with van der Waals surface area (Å²) >= 11 is 0. The lowest BCUT2D eigenvalue weighted by Gasteiger charge is -2.38. The number of fused-ring (bicyclic) bond motifs is 2. The molecule has 2 heterocycles. The van der Waals surface area contributed by atoms with E-state index in [4.69, 9.17) is 9.47 Å². The highest BCUT2D eigenvalue weighted by Gasteiger charge is 2.31. The van der Waals surface area contributed by atoms with E-state index in [1.165, 1.54) is 0 Å². The van der Waals surface area contributed by atoms with E-state index in [1.807, 2.05) is 49.4 Å². The molecule has 0 aliphatic carbocycles. The molecule has 0 saturated heterocycles. The smallest absolute Gasteiger partial charge is 0.416 e. The summed E-state index contributed by atoms with van der Waals surface area (Å²) < 4.78 is 50.3. The Balaban J connectivity index is 1.28. The van der Waals surface area contributed by atoms with Crippen LogP contribution in [0.4, 0.5) is 23.7 Å². The maximum absolute atomic E-state index is 13.1. The van der Waals surface area contributed by atoms with Crippen molar-refractivity contribution in [3.05, 3.63) is 94.7 Å². The highest BCUT2D eigenvalue weighted by Crippen LogP contribution is 2.40. The lowest BCUT2D eigenvalue weighted by molar-refractivity contribution is -0.137. The third-order valence-electron chi connectivity index (χ3n) is 7.95. The second-order valence-electron chi connectivity index (χ2n) is 10.6. The number of amides is 2. The number of alkyl halides is 3. The predicted molar refractivity (Wildman–Crippen MR) is 161 cm³/mol.